The third-order valence-corrected chi connectivity index (χ3v) is 3.51. The number of ketones is 2. The minimum Gasteiger partial charge on any atom is -0.508 e. The molecule has 1 aliphatic rings. The molecule has 1 atom stereocenters. The molecule has 21 heavy (non-hydrogen) atoms. The largest absolute Gasteiger partial charge is 0.508 e. The molecule has 0 heterocycles. The number of para-hydroxylation sites is 1. The molecule has 0 aromatic heterocycles. The Kier molecular flexibility index (Phi) is 3.16. The second-order valence-electron chi connectivity index (χ2n) is 4.80. The van der Waals surface area contributed by atoms with E-state index in [2.05, 4.69) is 0 Å². The first-order valence-electron chi connectivity index (χ1n) is 6.45. The lowest BCUT2D eigenvalue weighted by molar-refractivity contribution is 0.0946. The molecular weight excluding hydrogens is 268 g/mol. The first-order valence-corrected chi connectivity index (χ1v) is 6.45. The third-order valence-electron chi connectivity index (χ3n) is 3.51. The van der Waals surface area contributed by atoms with E-state index in [1.54, 1.807) is 36.4 Å². The maximum Gasteiger partial charge on any atom is 0.192 e. The summed E-state index contributed by atoms with van der Waals surface area (Å²) in [6.45, 7) is 0. The highest BCUT2D eigenvalue weighted by atomic mass is 16.3. The van der Waals surface area contributed by atoms with Crippen LogP contribution in [0.5, 0.6) is 5.75 Å². The summed E-state index contributed by atoms with van der Waals surface area (Å²) in [5.74, 6) is -0.847. The van der Waals surface area contributed by atoms with Gasteiger partial charge < -0.3 is 10.2 Å². The van der Waals surface area contributed by atoms with Crippen LogP contribution >= 0.6 is 0 Å². The summed E-state index contributed by atoms with van der Waals surface area (Å²) in [7, 11) is 0. The van der Waals surface area contributed by atoms with Crippen LogP contribution in [0.2, 0.25) is 0 Å². The molecule has 4 nitrogen and oxygen atoms in total. The number of fused-ring (bicyclic) bond motifs is 1. The molecule has 0 aliphatic heterocycles. The smallest absolute Gasteiger partial charge is 0.192 e. The molecule has 2 aromatic rings. The Morgan fingerprint density at radius 3 is 2.19 bits per heavy atom. The second-order valence-corrected chi connectivity index (χ2v) is 4.80. The Morgan fingerprint density at radius 1 is 0.857 bits per heavy atom. The van der Waals surface area contributed by atoms with Crippen LogP contribution in [0.25, 0.3) is 0 Å². The predicted octanol–water partition coefficient (Wildman–Crippen LogP) is 2.43. The second kappa shape index (κ2) is 5.00. The number of hydrogen-bond acceptors (Lipinski definition) is 4. The van der Waals surface area contributed by atoms with Crippen LogP contribution in [0, 0.1) is 0 Å². The highest BCUT2D eigenvalue weighted by Crippen LogP contribution is 2.33. The number of hydrogen-bond donors (Lipinski definition) is 2. The van der Waals surface area contributed by atoms with Crippen molar-refractivity contribution < 1.29 is 19.8 Å². The van der Waals surface area contributed by atoms with Gasteiger partial charge in [-0.2, -0.15) is 0 Å². The molecule has 0 saturated carbocycles. The molecular formula is C17H12O4. The van der Waals surface area contributed by atoms with Crippen molar-refractivity contribution in [1.82, 2.24) is 0 Å². The third kappa shape index (κ3) is 2.15. The summed E-state index contributed by atoms with van der Waals surface area (Å²) in [6.07, 6.45) is -0.196. The molecule has 0 saturated heterocycles. The Bertz CT molecular complexity index is 774. The molecule has 0 fully saturated rings. The normalized spacial score (nSPS) is 15.4. The molecule has 104 valence electrons. The van der Waals surface area contributed by atoms with Crippen LogP contribution in [-0.4, -0.2) is 21.8 Å². The molecule has 1 unspecified atom stereocenters. The predicted molar refractivity (Wildman–Crippen MR) is 76.3 cm³/mol. The number of rotatable bonds is 2. The highest BCUT2D eigenvalue weighted by molar-refractivity contribution is 6.24. The van der Waals surface area contributed by atoms with E-state index in [0.717, 1.165) is 6.08 Å². The first-order chi connectivity index (χ1) is 10.1. The molecule has 0 radical (unpaired) electrons. The average Bonchev–Trinajstić information content (AvgIpc) is 2.51. The summed E-state index contributed by atoms with van der Waals surface area (Å²) in [4.78, 5) is 24.5. The van der Waals surface area contributed by atoms with E-state index in [1.165, 1.54) is 12.1 Å². The Labute approximate surface area is 121 Å². The van der Waals surface area contributed by atoms with Gasteiger partial charge >= 0.3 is 0 Å². The molecule has 0 spiro atoms. The monoisotopic (exact) mass is 280 g/mol. The molecule has 2 aromatic carbocycles. The zero-order valence-corrected chi connectivity index (χ0v) is 11.0. The van der Waals surface area contributed by atoms with Gasteiger partial charge in [0.15, 0.2) is 11.6 Å². The van der Waals surface area contributed by atoms with Gasteiger partial charge in [0.2, 0.25) is 0 Å². The number of phenolic OH excluding ortho intramolecular Hbond substituents is 1. The Balaban J connectivity index is 2.07. The number of carbonyl (C=O) groups is 2. The van der Waals surface area contributed by atoms with Crippen molar-refractivity contribution in [3.8, 4) is 5.75 Å². The van der Waals surface area contributed by atoms with E-state index >= 15 is 0 Å². The Hall–Kier alpha value is -2.72. The van der Waals surface area contributed by atoms with E-state index < -0.39 is 11.9 Å². The fraction of sp³-hybridized carbons (Fsp3) is 0.0588. The van der Waals surface area contributed by atoms with Crippen molar-refractivity contribution in [3.63, 3.8) is 0 Å². The number of phenols is 1. The number of carbonyl (C=O) groups excluding carboxylic acids is 2. The number of Topliss-reactive ketones (excluding diaryl/α,β-unsaturated/α-hetero) is 1. The molecule has 1 aliphatic carbocycles. The van der Waals surface area contributed by atoms with E-state index in [1.807, 2.05) is 0 Å². The van der Waals surface area contributed by atoms with Crippen molar-refractivity contribution >= 4 is 11.6 Å². The van der Waals surface area contributed by atoms with Crippen LogP contribution in [0.4, 0.5) is 0 Å². The van der Waals surface area contributed by atoms with Crippen LogP contribution in [-0.2, 0) is 0 Å². The van der Waals surface area contributed by atoms with Gasteiger partial charge in [-0.05, 0) is 12.1 Å². The fourth-order valence-corrected chi connectivity index (χ4v) is 2.43. The summed E-state index contributed by atoms with van der Waals surface area (Å²) in [5.41, 5.74) is 0.773. The SMILES string of the molecule is O=C1C=C(C(O)c2ccccc2O)C(=O)c2ccccc21. The Morgan fingerprint density at radius 2 is 1.48 bits per heavy atom. The summed E-state index contributed by atoms with van der Waals surface area (Å²) >= 11 is 0. The van der Waals surface area contributed by atoms with Crippen molar-refractivity contribution in [2.45, 2.75) is 6.10 Å². The van der Waals surface area contributed by atoms with Crippen LogP contribution in [0.1, 0.15) is 32.4 Å². The quantitative estimate of drug-likeness (QED) is 0.886. The van der Waals surface area contributed by atoms with Gasteiger partial charge in [-0.15, -0.1) is 0 Å². The molecule has 2 N–H and O–H groups in total. The van der Waals surface area contributed by atoms with E-state index in [0.29, 0.717) is 5.56 Å². The van der Waals surface area contributed by atoms with Gasteiger partial charge in [0.05, 0.1) is 0 Å². The van der Waals surface area contributed by atoms with Crippen molar-refractivity contribution in [1.29, 1.82) is 0 Å². The van der Waals surface area contributed by atoms with Gasteiger partial charge in [-0.25, -0.2) is 0 Å². The maximum atomic E-state index is 12.4. The first kappa shape index (κ1) is 13.3. The lowest BCUT2D eigenvalue weighted by Gasteiger charge is -2.20. The lowest BCUT2D eigenvalue weighted by Crippen LogP contribution is -2.21. The number of benzene rings is 2. The number of allylic oxidation sites excluding steroid dienone is 1. The number of aliphatic hydroxyl groups is 1. The van der Waals surface area contributed by atoms with Crippen molar-refractivity contribution in [3.05, 3.63) is 76.9 Å². The van der Waals surface area contributed by atoms with Gasteiger partial charge in [0, 0.05) is 22.3 Å². The zero-order chi connectivity index (χ0) is 15.0. The van der Waals surface area contributed by atoms with Gasteiger partial charge in [0.25, 0.3) is 0 Å². The summed E-state index contributed by atoms with van der Waals surface area (Å²) in [6, 6.07) is 12.7. The molecule has 0 bridgehead atoms. The molecule has 3 rings (SSSR count). The van der Waals surface area contributed by atoms with Crippen molar-refractivity contribution in [2.24, 2.45) is 0 Å². The van der Waals surface area contributed by atoms with Gasteiger partial charge in [-0.3, -0.25) is 9.59 Å². The standard InChI is InChI=1S/C17H12O4/c18-14-8-4-3-7-12(14)17(21)13-9-15(19)10-5-1-2-6-11(10)16(13)20/h1-9,17-18,21H. The van der Waals surface area contributed by atoms with Gasteiger partial charge in [-0.1, -0.05) is 42.5 Å². The van der Waals surface area contributed by atoms with Crippen LogP contribution in [0.15, 0.2) is 60.2 Å². The van der Waals surface area contributed by atoms with Crippen LogP contribution in [0.3, 0.4) is 0 Å². The lowest BCUT2D eigenvalue weighted by atomic mass is 9.85. The maximum absolute atomic E-state index is 12.4. The summed E-state index contributed by atoms with van der Waals surface area (Å²) in [5, 5.41) is 20.1. The van der Waals surface area contributed by atoms with Gasteiger partial charge in [0.1, 0.15) is 11.9 Å². The average molecular weight is 280 g/mol. The van der Waals surface area contributed by atoms with E-state index in [4.69, 9.17) is 0 Å². The fourth-order valence-electron chi connectivity index (χ4n) is 2.43. The van der Waals surface area contributed by atoms with Crippen LogP contribution < -0.4 is 0 Å². The minimum absolute atomic E-state index is 0.0276. The molecule has 4 heteroatoms. The van der Waals surface area contributed by atoms with E-state index in [9.17, 15) is 19.8 Å². The topological polar surface area (TPSA) is 74.6 Å². The zero-order valence-electron chi connectivity index (χ0n) is 11.0. The summed E-state index contributed by atoms with van der Waals surface area (Å²) < 4.78 is 0. The minimum atomic E-state index is -1.34. The number of aliphatic hydroxyl groups excluding tert-OH is 1. The number of aromatic hydroxyl groups is 1. The molecule has 0 amide bonds. The van der Waals surface area contributed by atoms with E-state index in [-0.39, 0.29) is 28.2 Å². The highest BCUT2D eigenvalue weighted by Gasteiger charge is 2.30. The van der Waals surface area contributed by atoms with Crippen molar-refractivity contribution in [2.75, 3.05) is 0 Å².